The van der Waals surface area contributed by atoms with Crippen LogP contribution in [0.5, 0.6) is 11.5 Å². The zero-order valence-corrected chi connectivity index (χ0v) is 22.8. The Morgan fingerprint density at radius 1 is 0.310 bits per heavy atom. The third kappa shape index (κ3) is 3.81. The van der Waals surface area contributed by atoms with E-state index in [1.54, 1.807) is 12.1 Å². The van der Waals surface area contributed by atoms with E-state index in [0.29, 0.717) is 11.1 Å². The Labute approximate surface area is 243 Å². The topological polar surface area (TPSA) is 40.5 Å². The average Bonchev–Trinajstić information content (AvgIpc) is 3.04. The van der Waals surface area contributed by atoms with Crippen molar-refractivity contribution < 1.29 is 10.2 Å². The summed E-state index contributed by atoms with van der Waals surface area (Å²) >= 11 is 0. The van der Waals surface area contributed by atoms with E-state index < -0.39 is 0 Å². The van der Waals surface area contributed by atoms with E-state index in [1.807, 2.05) is 36.4 Å². The molecule has 2 heteroatoms. The quantitative estimate of drug-likeness (QED) is 0.235. The Kier molecular flexibility index (Phi) is 5.48. The van der Waals surface area contributed by atoms with Crippen molar-refractivity contribution in [2.24, 2.45) is 0 Å². The van der Waals surface area contributed by atoms with Crippen molar-refractivity contribution in [2.45, 2.75) is 0 Å². The highest BCUT2D eigenvalue weighted by molar-refractivity contribution is 6.15. The maximum atomic E-state index is 11.3. The zero-order chi connectivity index (χ0) is 28.2. The molecule has 8 aromatic carbocycles. The first kappa shape index (κ1) is 24.2. The third-order valence-electron chi connectivity index (χ3n) is 8.45. The molecule has 0 atom stereocenters. The van der Waals surface area contributed by atoms with E-state index in [1.165, 1.54) is 21.5 Å². The van der Waals surface area contributed by atoms with E-state index in [0.717, 1.165) is 43.8 Å². The Bertz CT molecular complexity index is 2160. The smallest absolute Gasteiger partial charge is 0.124 e. The van der Waals surface area contributed by atoms with Crippen LogP contribution in [-0.4, -0.2) is 10.2 Å². The Balaban J connectivity index is 1.37. The third-order valence-corrected chi connectivity index (χ3v) is 8.45. The first-order chi connectivity index (χ1) is 20.7. The lowest BCUT2D eigenvalue weighted by Gasteiger charge is -2.17. The van der Waals surface area contributed by atoms with Crippen LogP contribution in [0, 0.1) is 0 Å². The number of phenolic OH excluding ortho intramolecular Hbond substituents is 2. The van der Waals surface area contributed by atoms with Gasteiger partial charge in [0.2, 0.25) is 0 Å². The minimum atomic E-state index is 0.136. The molecule has 0 fully saturated rings. The first-order valence-corrected chi connectivity index (χ1v) is 14.1. The van der Waals surface area contributed by atoms with Crippen molar-refractivity contribution in [2.75, 3.05) is 0 Å². The summed E-state index contributed by atoms with van der Waals surface area (Å²) in [6, 6.07) is 49.5. The molecule has 2 N–H and O–H groups in total. The Hall–Kier alpha value is -5.60. The average molecular weight is 539 g/mol. The molecular formula is C40H26O2. The van der Waals surface area contributed by atoms with Crippen molar-refractivity contribution in [3.8, 4) is 44.9 Å². The summed E-state index contributed by atoms with van der Waals surface area (Å²) in [5.41, 5.74) is 5.64. The van der Waals surface area contributed by atoms with Gasteiger partial charge < -0.3 is 10.2 Å². The lowest BCUT2D eigenvalue weighted by atomic mass is 9.87. The highest BCUT2D eigenvalue weighted by atomic mass is 16.3. The molecule has 0 aliphatic heterocycles. The Morgan fingerprint density at radius 2 is 0.738 bits per heavy atom. The molecule has 0 aliphatic carbocycles. The molecule has 0 heterocycles. The monoisotopic (exact) mass is 538 g/mol. The summed E-state index contributed by atoms with van der Waals surface area (Å²) in [6.07, 6.45) is 0. The summed E-state index contributed by atoms with van der Waals surface area (Å²) in [4.78, 5) is 0. The van der Waals surface area contributed by atoms with E-state index in [9.17, 15) is 10.2 Å². The van der Waals surface area contributed by atoms with Gasteiger partial charge in [0, 0.05) is 11.1 Å². The molecule has 8 aromatic rings. The summed E-state index contributed by atoms with van der Waals surface area (Å²) in [6.45, 7) is 0. The van der Waals surface area contributed by atoms with Crippen LogP contribution in [0.2, 0.25) is 0 Å². The lowest BCUT2D eigenvalue weighted by Crippen LogP contribution is -1.90. The first-order valence-electron chi connectivity index (χ1n) is 14.1. The fourth-order valence-electron chi connectivity index (χ4n) is 6.44. The largest absolute Gasteiger partial charge is 0.507 e. The van der Waals surface area contributed by atoms with Crippen LogP contribution in [0.4, 0.5) is 0 Å². The van der Waals surface area contributed by atoms with Gasteiger partial charge in [0.25, 0.3) is 0 Å². The van der Waals surface area contributed by atoms with Crippen LogP contribution in [0.25, 0.3) is 76.5 Å². The summed E-state index contributed by atoms with van der Waals surface area (Å²) in [5.74, 6) is 0.272. The number of phenols is 2. The molecule has 0 saturated carbocycles. The van der Waals surface area contributed by atoms with Gasteiger partial charge in [-0.3, -0.25) is 0 Å². The summed E-state index contributed by atoms with van der Waals surface area (Å²) < 4.78 is 0. The van der Waals surface area contributed by atoms with Crippen molar-refractivity contribution in [1.82, 2.24) is 0 Å². The molecule has 42 heavy (non-hydrogen) atoms. The van der Waals surface area contributed by atoms with Gasteiger partial charge in [-0.2, -0.15) is 0 Å². The molecule has 0 radical (unpaired) electrons. The van der Waals surface area contributed by atoms with Crippen LogP contribution in [0.3, 0.4) is 0 Å². The van der Waals surface area contributed by atoms with Crippen molar-refractivity contribution in [3.63, 3.8) is 0 Å². The molecule has 0 amide bonds. The fraction of sp³-hybridized carbons (Fsp3) is 0. The van der Waals surface area contributed by atoms with E-state index in [4.69, 9.17) is 0 Å². The molecule has 0 saturated heterocycles. The van der Waals surface area contributed by atoms with Gasteiger partial charge in [-0.25, -0.2) is 0 Å². The number of hydrogen-bond acceptors (Lipinski definition) is 2. The molecular weight excluding hydrogens is 512 g/mol. The fourth-order valence-corrected chi connectivity index (χ4v) is 6.44. The van der Waals surface area contributed by atoms with E-state index in [-0.39, 0.29) is 11.5 Å². The minimum Gasteiger partial charge on any atom is -0.507 e. The Morgan fingerprint density at radius 3 is 1.19 bits per heavy atom. The number of aromatic hydroxyl groups is 2. The second-order valence-electron chi connectivity index (χ2n) is 10.8. The predicted octanol–water partition coefficient (Wildman–Crippen LogP) is 10.7. The predicted molar refractivity (Wildman–Crippen MR) is 176 cm³/mol. The maximum absolute atomic E-state index is 11.3. The summed E-state index contributed by atoms with van der Waals surface area (Å²) in [5, 5.41) is 31.2. The van der Waals surface area contributed by atoms with Crippen molar-refractivity contribution in [3.05, 3.63) is 146 Å². The molecule has 0 bridgehead atoms. The zero-order valence-electron chi connectivity index (χ0n) is 22.8. The van der Waals surface area contributed by atoms with Gasteiger partial charge in [-0.1, -0.05) is 121 Å². The number of benzene rings is 8. The molecule has 0 spiro atoms. The lowest BCUT2D eigenvalue weighted by molar-refractivity contribution is 0.470. The van der Waals surface area contributed by atoms with Crippen LogP contribution < -0.4 is 0 Å². The standard InChI is InChI=1S/C40H26O2/c41-37-21-19-33-31(29-17-15-25-7-1-3-9-27(25)23-29)11-5-13-35(33)39(37)40-36-14-6-12-32(34(36)20-22-38(40)42)30-18-16-26-8-2-4-10-28(26)24-30/h1-24,41-42H. The number of fused-ring (bicyclic) bond motifs is 4. The van der Waals surface area contributed by atoms with Gasteiger partial charge in [-0.05, 0) is 89.6 Å². The highest BCUT2D eigenvalue weighted by Crippen LogP contribution is 2.47. The van der Waals surface area contributed by atoms with E-state index in [2.05, 4.69) is 97.1 Å². The van der Waals surface area contributed by atoms with Gasteiger partial charge in [0.05, 0.1) is 0 Å². The number of hydrogen-bond donors (Lipinski definition) is 2. The second kappa shape index (κ2) is 9.50. The van der Waals surface area contributed by atoms with Crippen molar-refractivity contribution in [1.29, 1.82) is 0 Å². The van der Waals surface area contributed by atoms with Gasteiger partial charge in [-0.15, -0.1) is 0 Å². The highest BCUT2D eigenvalue weighted by Gasteiger charge is 2.19. The van der Waals surface area contributed by atoms with Gasteiger partial charge in [0.15, 0.2) is 0 Å². The van der Waals surface area contributed by atoms with Crippen molar-refractivity contribution >= 4 is 43.1 Å². The van der Waals surface area contributed by atoms with Gasteiger partial charge in [0.1, 0.15) is 11.5 Å². The number of rotatable bonds is 3. The minimum absolute atomic E-state index is 0.136. The second-order valence-corrected chi connectivity index (χ2v) is 10.8. The maximum Gasteiger partial charge on any atom is 0.124 e. The van der Waals surface area contributed by atoms with Crippen LogP contribution in [0.15, 0.2) is 146 Å². The molecule has 8 rings (SSSR count). The SMILES string of the molecule is Oc1ccc2c(-c3ccc4ccccc4c3)cccc2c1-c1c(O)ccc2c(-c3ccc4ccccc4c3)cccc12. The van der Waals surface area contributed by atoms with Gasteiger partial charge >= 0.3 is 0 Å². The van der Waals surface area contributed by atoms with E-state index >= 15 is 0 Å². The molecule has 0 aromatic heterocycles. The molecule has 0 aliphatic rings. The molecule has 0 unspecified atom stereocenters. The molecule has 198 valence electrons. The normalized spacial score (nSPS) is 11.5. The van der Waals surface area contributed by atoms with Crippen LogP contribution in [0.1, 0.15) is 0 Å². The molecule has 2 nitrogen and oxygen atoms in total. The summed E-state index contributed by atoms with van der Waals surface area (Å²) in [7, 11) is 0. The van der Waals surface area contributed by atoms with Crippen LogP contribution >= 0.6 is 0 Å². The van der Waals surface area contributed by atoms with Crippen LogP contribution in [-0.2, 0) is 0 Å².